The smallest absolute Gasteiger partial charge is 0.351 e. The van der Waals surface area contributed by atoms with E-state index in [1.165, 1.54) is 6.92 Å². The van der Waals surface area contributed by atoms with Crippen molar-refractivity contribution in [3.63, 3.8) is 0 Å². The summed E-state index contributed by atoms with van der Waals surface area (Å²) in [4.78, 5) is 27.3. The van der Waals surface area contributed by atoms with Crippen molar-refractivity contribution in [1.82, 2.24) is 9.55 Å². The third kappa shape index (κ3) is 4.85. The summed E-state index contributed by atoms with van der Waals surface area (Å²) in [5, 5.41) is 21.8. The number of hydrogen-bond donors (Lipinski definition) is 3. The minimum absolute atomic E-state index is 0.276. The van der Waals surface area contributed by atoms with Gasteiger partial charge < -0.3 is 25.0 Å². The molecule has 4 atom stereocenters. The molecule has 26 heavy (non-hydrogen) atoms. The largest absolute Gasteiger partial charge is 0.388 e. The molecule has 0 aromatic carbocycles. The van der Waals surface area contributed by atoms with Gasteiger partial charge in [0.25, 0.3) is 5.91 Å². The van der Waals surface area contributed by atoms with Crippen molar-refractivity contribution in [2.24, 2.45) is 0 Å². The number of halogens is 1. The highest BCUT2D eigenvalue weighted by molar-refractivity contribution is 5.90. The first-order valence-corrected chi connectivity index (χ1v) is 8.53. The third-order valence-electron chi connectivity index (χ3n) is 4.04. The minimum atomic E-state index is -1.40. The molecule has 1 fully saturated rings. The van der Waals surface area contributed by atoms with Crippen molar-refractivity contribution in [3.05, 3.63) is 22.5 Å². The number of ether oxygens (including phenoxy) is 2. The monoisotopic (exact) mass is 373 g/mol. The van der Waals surface area contributed by atoms with Crippen LogP contribution in [0.4, 0.5) is 10.2 Å². The van der Waals surface area contributed by atoms with Crippen molar-refractivity contribution in [3.8, 4) is 0 Å². The van der Waals surface area contributed by atoms with Crippen LogP contribution in [0.5, 0.6) is 0 Å². The molecule has 2 rings (SSSR count). The third-order valence-corrected chi connectivity index (χ3v) is 4.04. The van der Waals surface area contributed by atoms with Crippen LogP contribution >= 0.6 is 0 Å². The number of anilines is 1. The van der Waals surface area contributed by atoms with E-state index in [2.05, 4.69) is 10.3 Å². The van der Waals surface area contributed by atoms with Gasteiger partial charge in [0.1, 0.15) is 18.8 Å². The Hall–Kier alpha value is -1.88. The number of aliphatic hydroxyl groups is 2. The zero-order valence-electron chi connectivity index (χ0n) is 14.7. The number of rotatable bonds is 8. The van der Waals surface area contributed by atoms with Gasteiger partial charge in [-0.1, -0.05) is 19.8 Å². The van der Waals surface area contributed by atoms with Crippen LogP contribution in [0.25, 0.3) is 0 Å². The van der Waals surface area contributed by atoms with Gasteiger partial charge in [0.2, 0.25) is 0 Å². The van der Waals surface area contributed by atoms with E-state index in [4.69, 9.17) is 9.47 Å². The number of aromatic nitrogens is 2. The Kier molecular flexibility index (Phi) is 7.21. The highest BCUT2D eigenvalue weighted by atomic mass is 19.1. The number of nitrogens with zero attached hydrogens (tertiary/aromatic N) is 2. The maximum atomic E-state index is 14.2. The molecule has 1 saturated heterocycles. The zero-order valence-corrected chi connectivity index (χ0v) is 14.7. The summed E-state index contributed by atoms with van der Waals surface area (Å²) >= 11 is 0. The summed E-state index contributed by atoms with van der Waals surface area (Å²) in [6.07, 6.45) is -1.00. The Balaban J connectivity index is 2.01. The molecule has 1 amide bonds. The fraction of sp³-hybridized carbons (Fsp3) is 0.688. The zero-order chi connectivity index (χ0) is 19.3. The van der Waals surface area contributed by atoms with E-state index in [0.29, 0.717) is 6.61 Å². The fourth-order valence-electron chi connectivity index (χ4n) is 2.56. The van der Waals surface area contributed by atoms with Gasteiger partial charge in [0.05, 0.1) is 12.3 Å². The molecule has 0 bridgehead atoms. The highest BCUT2D eigenvalue weighted by Gasteiger charge is 2.42. The molecule has 10 heteroatoms. The van der Waals surface area contributed by atoms with E-state index in [-0.39, 0.29) is 6.61 Å². The second-order valence-corrected chi connectivity index (χ2v) is 6.15. The maximum Gasteiger partial charge on any atom is 0.351 e. The summed E-state index contributed by atoms with van der Waals surface area (Å²) in [6, 6.07) is 0. The van der Waals surface area contributed by atoms with Gasteiger partial charge in [-0.25, -0.2) is 9.18 Å². The molecule has 146 valence electrons. The van der Waals surface area contributed by atoms with Crippen LogP contribution in [-0.4, -0.2) is 57.2 Å². The quantitative estimate of drug-likeness (QED) is 0.555. The van der Waals surface area contributed by atoms with E-state index >= 15 is 0 Å². The van der Waals surface area contributed by atoms with E-state index in [1.807, 2.05) is 6.92 Å². The predicted octanol–water partition coefficient (Wildman–Crippen LogP) is 0.167. The van der Waals surface area contributed by atoms with Gasteiger partial charge in [-0.05, 0) is 13.3 Å². The van der Waals surface area contributed by atoms with Crippen LogP contribution in [-0.2, 0) is 14.3 Å². The van der Waals surface area contributed by atoms with Crippen molar-refractivity contribution in [2.45, 2.75) is 57.6 Å². The second kappa shape index (κ2) is 9.17. The lowest BCUT2D eigenvalue weighted by atomic mass is 10.1. The van der Waals surface area contributed by atoms with Crippen molar-refractivity contribution >= 4 is 11.7 Å². The molecular formula is C16H24FN3O6. The summed E-state index contributed by atoms with van der Waals surface area (Å²) < 4.78 is 25.3. The second-order valence-electron chi connectivity index (χ2n) is 6.15. The van der Waals surface area contributed by atoms with Gasteiger partial charge in [0.15, 0.2) is 17.9 Å². The van der Waals surface area contributed by atoms with E-state index < -0.39 is 47.8 Å². The number of hydrogen-bond acceptors (Lipinski definition) is 7. The predicted molar refractivity (Wildman–Crippen MR) is 89.0 cm³/mol. The van der Waals surface area contributed by atoms with Crippen molar-refractivity contribution in [2.75, 3.05) is 18.5 Å². The van der Waals surface area contributed by atoms with Crippen LogP contribution in [0.3, 0.4) is 0 Å². The summed E-state index contributed by atoms with van der Waals surface area (Å²) in [5.41, 5.74) is -0.934. The number of carbonyl (C=O) groups is 1. The lowest BCUT2D eigenvalue weighted by Crippen LogP contribution is -2.36. The first-order valence-electron chi connectivity index (χ1n) is 8.53. The normalized spacial score (nSPS) is 25.4. The van der Waals surface area contributed by atoms with Gasteiger partial charge in [-0.2, -0.15) is 4.98 Å². The topological polar surface area (TPSA) is 123 Å². The number of aliphatic hydroxyl groups excluding tert-OH is 2. The molecule has 0 saturated carbocycles. The van der Waals surface area contributed by atoms with Gasteiger partial charge in [0, 0.05) is 6.61 Å². The molecule has 0 radical (unpaired) electrons. The molecular weight excluding hydrogens is 349 g/mol. The molecule has 1 aromatic rings. The Morgan fingerprint density at radius 2 is 2.15 bits per heavy atom. The molecule has 1 aliphatic heterocycles. The Bertz CT molecular complexity index is 682. The lowest BCUT2D eigenvalue weighted by molar-refractivity contribution is -0.120. The first-order chi connectivity index (χ1) is 12.3. The number of amides is 1. The van der Waals surface area contributed by atoms with E-state index in [9.17, 15) is 24.2 Å². The molecule has 2 heterocycles. The van der Waals surface area contributed by atoms with Crippen LogP contribution in [0, 0.1) is 5.82 Å². The van der Waals surface area contributed by atoms with Crippen molar-refractivity contribution in [1.29, 1.82) is 0 Å². The summed E-state index contributed by atoms with van der Waals surface area (Å²) in [5.74, 6) is -2.14. The molecule has 0 aliphatic carbocycles. The Morgan fingerprint density at radius 1 is 1.42 bits per heavy atom. The maximum absolute atomic E-state index is 14.2. The first kappa shape index (κ1) is 20.4. The van der Waals surface area contributed by atoms with Crippen LogP contribution in [0.2, 0.25) is 0 Å². The number of nitrogens with one attached hydrogen (secondary N) is 1. The molecule has 0 spiro atoms. The number of carbonyl (C=O) groups excluding carboxylic acids is 1. The van der Waals surface area contributed by atoms with Crippen LogP contribution < -0.4 is 11.0 Å². The lowest BCUT2D eigenvalue weighted by Gasteiger charge is -2.17. The number of unbranched alkanes of at least 4 members (excludes halogenated alkanes) is 2. The van der Waals surface area contributed by atoms with Crippen LogP contribution in [0.15, 0.2) is 11.0 Å². The molecule has 9 nitrogen and oxygen atoms in total. The van der Waals surface area contributed by atoms with Gasteiger partial charge >= 0.3 is 5.69 Å². The standard InChI is InChI=1S/C16H24FN3O6/c1-3-4-5-6-25-8-11(21)18-14-10(17)7-20(16(24)19-14)15-13(23)12(22)9(2)26-15/h7,9,12-13,15,22-23H,3-6,8H2,1-2H3,(H,18,19,21,24). The van der Waals surface area contributed by atoms with Crippen molar-refractivity contribution < 1.29 is 28.9 Å². The average molecular weight is 373 g/mol. The SMILES string of the molecule is CCCCCOCC(=O)Nc1nc(=O)n(C2OC(C)C(O)C2O)cc1F. The summed E-state index contributed by atoms with van der Waals surface area (Å²) in [7, 11) is 0. The average Bonchev–Trinajstić information content (AvgIpc) is 2.85. The molecule has 1 aromatic heterocycles. The van der Waals surface area contributed by atoms with Gasteiger partial charge in [-0.3, -0.25) is 9.36 Å². The molecule has 1 aliphatic rings. The van der Waals surface area contributed by atoms with E-state index in [0.717, 1.165) is 30.0 Å². The highest BCUT2D eigenvalue weighted by Crippen LogP contribution is 2.28. The molecule has 4 unspecified atom stereocenters. The van der Waals surface area contributed by atoms with Crippen LogP contribution in [0.1, 0.15) is 39.3 Å². The Morgan fingerprint density at radius 3 is 2.77 bits per heavy atom. The Labute approximate surface area is 149 Å². The summed E-state index contributed by atoms with van der Waals surface area (Å²) in [6.45, 7) is 3.69. The molecule has 3 N–H and O–H groups in total. The fourth-order valence-corrected chi connectivity index (χ4v) is 2.56. The van der Waals surface area contributed by atoms with E-state index in [1.54, 1.807) is 0 Å². The van der Waals surface area contributed by atoms with Gasteiger partial charge in [-0.15, -0.1) is 0 Å². The minimum Gasteiger partial charge on any atom is -0.388 e.